The Balaban J connectivity index is 1.86. The first kappa shape index (κ1) is 18.0. The Bertz CT molecular complexity index is 805. The lowest BCUT2D eigenvalue weighted by Gasteiger charge is -2.28. The molecular formula is C19H18ClFN2OS. The van der Waals surface area contributed by atoms with Gasteiger partial charge in [0, 0.05) is 22.9 Å². The summed E-state index contributed by atoms with van der Waals surface area (Å²) in [6.07, 6.45) is 0.813. The highest BCUT2D eigenvalue weighted by Gasteiger charge is 2.25. The molecule has 1 fully saturated rings. The number of amidine groups is 1. The first-order valence-electron chi connectivity index (χ1n) is 8.06. The number of rotatable bonds is 3. The molecule has 25 heavy (non-hydrogen) atoms. The SMILES string of the molecule is Cc1ccccc1N=C1SCCCN1C(=O)Cc1c(F)cccc1Cl. The Morgan fingerprint density at radius 3 is 2.84 bits per heavy atom. The number of carbonyl (C=O) groups is 1. The van der Waals surface area contributed by atoms with Crippen LogP contribution in [0.2, 0.25) is 5.02 Å². The maximum Gasteiger partial charge on any atom is 0.233 e. The molecule has 1 aliphatic heterocycles. The number of hydrogen-bond donors (Lipinski definition) is 0. The first-order valence-corrected chi connectivity index (χ1v) is 9.43. The normalized spacial score (nSPS) is 16.3. The maximum absolute atomic E-state index is 14.0. The van der Waals surface area contributed by atoms with Crippen LogP contribution < -0.4 is 0 Å². The van der Waals surface area contributed by atoms with Crippen LogP contribution >= 0.6 is 23.4 Å². The van der Waals surface area contributed by atoms with E-state index in [2.05, 4.69) is 4.99 Å². The molecule has 0 bridgehead atoms. The van der Waals surface area contributed by atoms with Crippen LogP contribution in [0.25, 0.3) is 0 Å². The Kier molecular flexibility index (Phi) is 5.76. The molecular weight excluding hydrogens is 359 g/mol. The molecule has 2 aromatic rings. The molecule has 1 aliphatic rings. The predicted octanol–water partition coefficient (Wildman–Crippen LogP) is 4.98. The highest BCUT2D eigenvalue weighted by molar-refractivity contribution is 8.13. The van der Waals surface area contributed by atoms with Crippen LogP contribution in [-0.2, 0) is 11.2 Å². The fourth-order valence-corrected chi connectivity index (χ4v) is 3.82. The van der Waals surface area contributed by atoms with Crippen molar-refractivity contribution in [2.24, 2.45) is 4.99 Å². The van der Waals surface area contributed by atoms with Gasteiger partial charge >= 0.3 is 0 Å². The van der Waals surface area contributed by atoms with Crippen LogP contribution in [0.3, 0.4) is 0 Å². The van der Waals surface area contributed by atoms with Crippen LogP contribution in [0.1, 0.15) is 17.5 Å². The van der Waals surface area contributed by atoms with Crippen molar-refractivity contribution in [3.05, 3.63) is 64.4 Å². The average molecular weight is 377 g/mol. The number of carbonyl (C=O) groups excluding carboxylic acids is 1. The lowest BCUT2D eigenvalue weighted by molar-refractivity contribution is -0.126. The molecule has 0 aliphatic carbocycles. The van der Waals surface area contributed by atoms with Crippen molar-refractivity contribution >= 4 is 40.1 Å². The van der Waals surface area contributed by atoms with E-state index < -0.39 is 5.82 Å². The Morgan fingerprint density at radius 1 is 1.28 bits per heavy atom. The van der Waals surface area contributed by atoms with E-state index in [0.717, 1.165) is 23.4 Å². The van der Waals surface area contributed by atoms with Crippen LogP contribution in [0.15, 0.2) is 47.5 Å². The van der Waals surface area contributed by atoms with Crippen LogP contribution in [0.5, 0.6) is 0 Å². The molecule has 1 amide bonds. The monoisotopic (exact) mass is 376 g/mol. The summed E-state index contributed by atoms with van der Waals surface area (Å²) in [7, 11) is 0. The van der Waals surface area contributed by atoms with Gasteiger partial charge in [-0.3, -0.25) is 9.69 Å². The Hall–Kier alpha value is -1.85. The zero-order valence-corrected chi connectivity index (χ0v) is 15.4. The largest absolute Gasteiger partial charge is 0.291 e. The zero-order chi connectivity index (χ0) is 17.8. The van der Waals surface area contributed by atoms with Crippen molar-refractivity contribution in [2.45, 2.75) is 19.8 Å². The topological polar surface area (TPSA) is 32.7 Å². The third kappa shape index (κ3) is 4.22. The molecule has 2 aromatic carbocycles. The van der Waals surface area contributed by atoms with Crippen LogP contribution in [-0.4, -0.2) is 28.3 Å². The number of benzene rings is 2. The van der Waals surface area contributed by atoms with Crippen molar-refractivity contribution < 1.29 is 9.18 Å². The minimum atomic E-state index is -0.456. The van der Waals surface area contributed by atoms with Gasteiger partial charge in [-0.1, -0.05) is 47.6 Å². The zero-order valence-electron chi connectivity index (χ0n) is 13.8. The molecule has 0 saturated carbocycles. The standard InChI is InChI=1S/C19H18ClFN2OS/c1-13-6-2-3-9-17(13)22-19-23(10-5-11-25-19)18(24)12-14-15(20)7-4-8-16(14)21/h2-4,6-9H,5,10-12H2,1H3. The molecule has 0 N–H and O–H groups in total. The third-order valence-electron chi connectivity index (χ3n) is 4.01. The maximum atomic E-state index is 14.0. The van der Waals surface area contributed by atoms with Gasteiger partial charge in [0.2, 0.25) is 5.91 Å². The second-order valence-electron chi connectivity index (χ2n) is 5.81. The van der Waals surface area contributed by atoms with Gasteiger partial charge < -0.3 is 0 Å². The molecule has 0 atom stereocenters. The third-order valence-corrected chi connectivity index (χ3v) is 5.43. The van der Waals surface area contributed by atoms with E-state index in [1.807, 2.05) is 31.2 Å². The van der Waals surface area contributed by atoms with E-state index in [1.54, 1.807) is 22.7 Å². The average Bonchev–Trinajstić information content (AvgIpc) is 2.60. The van der Waals surface area contributed by atoms with Gasteiger partial charge in [0.15, 0.2) is 5.17 Å². The quantitative estimate of drug-likeness (QED) is 0.756. The van der Waals surface area contributed by atoms with E-state index >= 15 is 0 Å². The van der Waals surface area contributed by atoms with Gasteiger partial charge in [0.05, 0.1) is 12.1 Å². The first-order chi connectivity index (χ1) is 12.1. The van der Waals surface area contributed by atoms with E-state index in [9.17, 15) is 9.18 Å². The molecule has 1 heterocycles. The Morgan fingerprint density at radius 2 is 2.08 bits per heavy atom. The van der Waals surface area contributed by atoms with Gasteiger partial charge in [-0.15, -0.1) is 0 Å². The Labute approximate surface area is 155 Å². The smallest absolute Gasteiger partial charge is 0.233 e. The van der Waals surface area contributed by atoms with Gasteiger partial charge in [-0.2, -0.15) is 0 Å². The lowest BCUT2D eigenvalue weighted by atomic mass is 10.1. The highest BCUT2D eigenvalue weighted by Crippen LogP contribution is 2.26. The number of halogens is 2. The molecule has 0 radical (unpaired) electrons. The predicted molar refractivity (Wildman–Crippen MR) is 102 cm³/mol. The van der Waals surface area contributed by atoms with Crippen molar-refractivity contribution in [1.82, 2.24) is 4.90 Å². The molecule has 0 aromatic heterocycles. The number of amides is 1. The van der Waals surface area contributed by atoms with E-state index in [4.69, 9.17) is 11.6 Å². The second kappa shape index (κ2) is 8.02. The number of thioether (sulfide) groups is 1. The molecule has 6 heteroatoms. The summed E-state index contributed by atoms with van der Waals surface area (Å²) < 4.78 is 14.0. The van der Waals surface area contributed by atoms with Crippen molar-refractivity contribution in [3.8, 4) is 0 Å². The summed E-state index contributed by atoms with van der Waals surface area (Å²) in [5.41, 5.74) is 2.12. The summed E-state index contributed by atoms with van der Waals surface area (Å²) in [5.74, 6) is 0.268. The summed E-state index contributed by atoms with van der Waals surface area (Å²) in [4.78, 5) is 19.1. The molecule has 3 rings (SSSR count). The lowest BCUT2D eigenvalue weighted by Crippen LogP contribution is -2.40. The fourth-order valence-electron chi connectivity index (χ4n) is 2.62. The van der Waals surface area contributed by atoms with Crippen LogP contribution in [0.4, 0.5) is 10.1 Å². The minimum absolute atomic E-state index is 0.0706. The summed E-state index contributed by atoms with van der Waals surface area (Å²) >= 11 is 7.60. The summed E-state index contributed by atoms with van der Waals surface area (Å²) in [6.45, 7) is 2.57. The second-order valence-corrected chi connectivity index (χ2v) is 7.27. The molecule has 0 unspecified atom stereocenters. The van der Waals surface area contributed by atoms with Gasteiger partial charge in [-0.25, -0.2) is 9.38 Å². The van der Waals surface area contributed by atoms with E-state index in [1.165, 1.54) is 12.1 Å². The van der Waals surface area contributed by atoms with Crippen molar-refractivity contribution in [2.75, 3.05) is 12.3 Å². The summed E-state index contributed by atoms with van der Waals surface area (Å²) in [6, 6.07) is 12.2. The van der Waals surface area contributed by atoms with Crippen molar-refractivity contribution in [3.63, 3.8) is 0 Å². The fraction of sp³-hybridized carbons (Fsp3) is 0.263. The highest BCUT2D eigenvalue weighted by atomic mass is 35.5. The van der Waals surface area contributed by atoms with E-state index in [-0.39, 0.29) is 22.9 Å². The molecule has 0 spiro atoms. The molecule has 1 saturated heterocycles. The summed E-state index contributed by atoms with van der Waals surface area (Å²) in [5, 5.41) is 0.938. The van der Waals surface area contributed by atoms with Gasteiger partial charge in [-0.05, 0) is 37.1 Å². The number of aliphatic imine (C=N–C) groups is 1. The van der Waals surface area contributed by atoms with Gasteiger partial charge in [0.1, 0.15) is 5.82 Å². The molecule has 130 valence electrons. The number of para-hydroxylation sites is 1. The minimum Gasteiger partial charge on any atom is -0.291 e. The number of nitrogens with zero attached hydrogens (tertiary/aromatic N) is 2. The van der Waals surface area contributed by atoms with Gasteiger partial charge in [0.25, 0.3) is 0 Å². The van der Waals surface area contributed by atoms with Crippen LogP contribution in [0, 0.1) is 12.7 Å². The molecule has 3 nitrogen and oxygen atoms in total. The van der Waals surface area contributed by atoms with E-state index in [0.29, 0.717) is 11.7 Å². The van der Waals surface area contributed by atoms with Crippen molar-refractivity contribution in [1.29, 1.82) is 0 Å². The number of hydrogen-bond acceptors (Lipinski definition) is 3. The number of aryl methyl sites for hydroxylation is 1.